The summed E-state index contributed by atoms with van der Waals surface area (Å²) >= 11 is 0. The lowest BCUT2D eigenvalue weighted by atomic mass is 10.00. The van der Waals surface area contributed by atoms with Crippen LogP contribution in [-0.4, -0.2) is 97.9 Å². The van der Waals surface area contributed by atoms with Crippen LogP contribution in [0.2, 0.25) is 0 Å². The molecule has 3 heterocycles. The predicted octanol–water partition coefficient (Wildman–Crippen LogP) is 4.27. The number of rotatable bonds is 4. The van der Waals surface area contributed by atoms with Crippen molar-refractivity contribution in [2.75, 3.05) is 20.1 Å². The van der Waals surface area contributed by atoms with Gasteiger partial charge in [0.2, 0.25) is 17.7 Å². The molecule has 2 aromatic carbocycles. The van der Waals surface area contributed by atoms with E-state index in [0.717, 1.165) is 49.9 Å². The van der Waals surface area contributed by atoms with E-state index in [9.17, 15) is 41.8 Å². The summed E-state index contributed by atoms with van der Waals surface area (Å²) in [4.78, 5) is 58.4. The van der Waals surface area contributed by atoms with Gasteiger partial charge in [-0.3, -0.25) is 23.9 Å². The average molecular weight is 788 g/mol. The van der Waals surface area contributed by atoms with Crippen LogP contribution >= 0.6 is 0 Å². The number of likely N-dealkylation sites (N-methyl/N-ethyl adjacent to an activating group) is 1. The third-order valence-corrected chi connectivity index (χ3v) is 10.00. The molecule has 3 N–H and O–H groups in total. The van der Waals surface area contributed by atoms with Crippen molar-refractivity contribution < 1.29 is 46.6 Å². The molecule has 0 radical (unpaired) electrons. The van der Waals surface area contributed by atoms with Gasteiger partial charge >= 0.3 is 6.18 Å². The fourth-order valence-electron chi connectivity index (χ4n) is 7.00. The molecular weight excluding hydrogens is 738 g/mol. The number of hydrogen-bond donors (Lipinski definition) is 3. The first-order chi connectivity index (χ1) is 26.6. The van der Waals surface area contributed by atoms with Crippen LogP contribution in [-0.2, 0) is 40.1 Å². The van der Waals surface area contributed by atoms with Crippen molar-refractivity contribution >= 4 is 23.6 Å². The molecule has 2 aliphatic rings. The molecule has 2 bridgehead atoms. The number of amides is 4. The topological polar surface area (TPSA) is 159 Å². The van der Waals surface area contributed by atoms with Gasteiger partial charge in [0.05, 0.1) is 23.4 Å². The summed E-state index contributed by atoms with van der Waals surface area (Å²) in [6, 6.07) is 4.17. The maximum atomic E-state index is 14.4. The second-order valence-electron chi connectivity index (χ2n) is 14.9. The first-order valence-electron chi connectivity index (χ1n) is 18.9. The van der Waals surface area contributed by atoms with Gasteiger partial charge in [-0.2, -0.15) is 13.2 Å². The van der Waals surface area contributed by atoms with Gasteiger partial charge in [-0.15, -0.1) is 5.10 Å². The number of carbonyl (C=O) groups excluding carboxylic acids is 4. The molecule has 17 heteroatoms. The summed E-state index contributed by atoms with van der Waals surface area (Å²) in [5.41, 5.74) is -0.0632. The number of aliphatic hydroxyl groups is 1. The van der Waals surface area contributed by atoms with Crippen LogP contribution in [0.5, 0.6) is 5.75 Å². The zero-order chi connectivity index (χ0) is 40.6. The summed E-state index contributed by atoms with van der Waals surface area (Å²) in [5, 5.41) is 24.6. The lowest BCUT2D eigenvalue weighted by molar-refractivity contribution is -0.147. The molecule has 5 rings (SSSR count). The minimum Gasteiger partial charge on any atom is -0.486 e. The van der Waals surface area contributed by atoms with E-state index in [1.807, 2.05) is 13.8 Å². The number of ether oxygens (including phenoxy) is 1. The molecular formula is C39H49F4N7O6. The molecule has 0 saturated carbocycles. The Bertz CT molecular complexity index is 1840. The van der Waals surface area contributed by atoms with Crippen LogP contribution < -0.4 is 15.4 Å². The monoisotopic (exact) mass is 787 g/mol. The molecule has 2 aliphatic heterocycles. The molecule has 0 aliphatic carbocycles. The van der Waals surface area contributed by atoms with Crippen LogP contribution in [0.1, 0.15) is 86.0 Å². The van der Waals surface area contributed by atoms with E-state index in [-0.39, 0.29) is 49.6 Å². The quantitative estimate of drug-likeness (QED) is 0.331. The van der Waals surface area contributed by atoms with E-state index in [2.05, 4.69) is 20.9 Å². The van der Waals surface area contributed by atoms with Crippen molar-refractivity contribution in [1.29, 1.82) is 0 Å². The van der Waals surface area contributed by atoms with Gasteiger partial charge in [0.15, 0.2) is 0 Å². The molecule has 0 unspecified atom stereocenters. The zero-order valence-corrected chi connectivity index (χ0v) is 31.7. The zero-order valence-electron chi connectivity index (χ0n) is 31.7. The van der Waals surface area contributed by atoms with Crippen LogP contribution in [0.25, 0.3) is 0 Å². The molecule has 4 atom stereocenters. The third-order valence-electron chi connectivity index (χ3n) is 10.00. The van der Waals surface area contributed by atoms with Gasteiger partial charge in [-0.25, -0.2) is 4.39 Å². The molecule has 304 valence electrons. The predicted molar refractivity (Wildman–Crippen MR) is 195 cm³/mol. The van der Waals surface area contributed by atoms with E-state index in [0.29, 0.717) is 30.8 Å². The van der Waals surface area contributed by atoms with Crippen molar-refractivity contribution in [3.63, 3.8) is 0 Å². The molecule has 4 amide bonds. The summed E-state index contributed by atoms with van der Waals surface area (Å²) in [7, 11) is 1.39. The molecule has 1 aromatic heterocycles. The number of aliphatic hydroxyl groups excluding tert-OH is 1. The standard InChI is InChI=1S/C39H49F4N7O6/c1-24(2)17-31-37(54)50-22-29(51)20-33(50)38(55)48(3)32(18-25-9-11-26(12-10-25)39(41,42)43)36(53)44-15-7-5-4-6-8-16-49-21-28(46-47-49)23-56-34-19-27(40)13-14-30(34)35(52)45-31/h9-14,19,21,24,29,31-33,51H,4-8,15-18,20,22-23H2,1-3H3,(H,44,53)(H,45,52)/t29-,31+,32-,33+/m0/s1. The Morgan fingerprint density at radius 3 is 2.41 bits per heavy atom. The van der Waals surface area contributed by atoms with Gasteiger partial charge in [0.1, 0.15) is 42.0 Å². The molecule has 0 spiro atoms. The number of nitrogens with one attached hydrogen (secondary N) is 2. The first kappa shape index (κ1) is 42.1. The maximum Gasteiger partial charge on any atom is 0.416 e. The average Bonchev–Trinajstić information content (AvgIpc) is 3.78. The largest absolute Gasteiger partial charge is 0.486 e. The highest BCUT2D eigenvalue weighted by molar-refractivity contribution is 6.00. The van der Waals surface area contributed by atoms with E-state index in [1.165, 1.54) is 35.0 Å². The van der Waals surface area contributed by atoms with E-state index < -0.39 is 65.4 Å². The summed E-state index contributed by atoms with van der Waals surface area (Å²) in [6.45, 7) is 4.23. The number of benzene rings is 2. The van der Waals surface area contributed by atoms with Crippen LogP contribution in [0.15, 0.2) is 48.7 Å². The summed E-state index contributed by atoms with van der Waals surface area (Å²) < 4.78 is 61.8. The second kappa shape index (κ2) is 18.7. The number of nitrogens with zero attached hydrogens (tertiary/aromatic N) is 5. The Hall–Kier alpha value is -5.06. The maximum absolute atomic E-state index is 14.4. The van der Waals surface area contributed by atoms with Crippen LogP contribution in [0.3, 0.4) is 0 Å². The Kier molecular flexibility index (Phi) is 14.1. The fourth-order valence-corrected chi connectivity index (χ4v) is 7.00. The molecule has 13 nitrogen and oxygen atoms in total. The number of hydrogen-bond acceptors (Lipinski definition) is 8. The van der Waals surface area contributed by atoms with E-state index in [1.54, 1.807) is 10.9 Å². The number of fused-ring (bicyclic) bond motifs is 4. The van der Waals surface area contributed by atoms with Gasteiger partial charge in [0.25, 0.3) is 5.91 Å². The summed E-state index contributed by atoms with van der Waals surface area (Å²) in [6.07, 6.45) is -0.0928. The minimum atomic E-state index is -4.56. The van der Waals surface area contributed by atoms with Gasteiger partial charge in [-0.1, -0.05) is 50.5 Å². The van der Waals surface area contributed by atoms with Crippen molar-refractivity contribution in [2.24, 2.45) is 5.92 Å². The molecule has 1 saturated heterocycles. The van der Waals surface area contributed by atoms with Crippen LogP contribution in [0, 0.1) is 11.7 Å². The lowest BCUT2D eigenvalue weighted by Gasteiger charge is -2.34. The normalized spacial score (nSPS) is 22.7. The number of aromatic nitrogens is 3. The SMILES string of the molecule is CC(C)C[C@H]1NC(=O)c2ccc(F)cc2OCc2cn(nn2)CCCCCCCNC(=O)[C@H](Cc2ccc(C(F)(F)F)cc2)N(C)C(=O)[C@H]2C[C@H](O)CN2C1=O. The van der Waals surface area contributed by atoms with Gasteiger partial charge in [0, 0.05) is 45.6 Å². The van der Waals surface area contributed by atoms with Crippen molar-refractivity contribution in [3.8, 4) is 5.75 Å². The van der Waals surface area contributed by atoms with Crippen molar-refractivity contribution in [1.82, 2.24) is 35.4 Å². The highest BCUT2D eigenvalue weighted by Gasteiger charge is 2.44. The van der Waals surface area contributed by atoms with E-state index >= 15 is 0 Å². The lowest BCUT2D eigenvalue weighted by Crippen LogP contribution is -2.57. The number of alkyl halides is 3. The Morgan fingerprint density at radius 1 is 0.982 bits per heavy atom. The Labute approximate surface area is 322 Å². The highest BCUT2D eigenvalue weighted by atomic mass is 19.4. The second-order valence-corrected chi connectivity index (χ2v) is 14.9. The molecule has 1 fully saturated rings. The van der Waals surface area contributed by atoms with E-state index in [4.69, 9.17) is 4.74 Å². The number of aryl methyl sites for hydroxylation is 1. The Balaban J connectivity index is 1.44. The summed E-state index contributed by atoms with van der Waals surface area (Å²) in [5.74, 6) is -3.41. The number of halogens is 4. The molecule has 56 heavy (non-hydrogen) atoms. The van der Waals surface area contributed by atoms with Crippen LogP contribution in [0.4, 0.5) is 17.6 Å². The minimum absolute atomic E-state index is 0.0446. The smallest absolute Gasteiger partial charge is 0.416 e. The highest BCUT2D eigenvalue weighted by Crippen LogP contribution is 2.30. The third kappa shape index (κ3) is 11.0. The Morgan fingerprint density at radius 2 is 1.70 bits per heavy atom. The number of carbonyl (C=O) groups is 4. The van der Waals surface area contributed by atoms with Gasteiger partial charge in [-0.05, 0) is 55.0 Å². The van der Waals surface area contributed by atoms with Crippen molar-refractivity contribution in [2.45, 2.75) is 109 Å². The fraction of sp³-hybridized carbons (Fsp3) is 0.538. The van der Waals surface area contributed by atoms with Crippen molar-refractivity contribution in [3.05, 3.63) is 76.9 Å². The van der Waals surface area contributed by atoms with Gasteiger partial charge < -0.3 is 30.3 Å². The first-order valence-corrected chi connectivity index (χ1v) is 18.9. The molecule has 3 aromatic rings.